The first kappa shape index (κ1) is 16.0. The van der Waals surface area contributed by atoms with E-state index in [-0.39, 0.29) is 6.04 Å². The number of hydrogen-bond donors (Lipinski definition) is 1. The molecule has 0 bridgehead atoms. The van der Waals surface area contributed by atoms with E-state index in [9.17, 15) is 0 Å². The number of aromatic nitrogens is 2. The Bertz CT molecular complexity index is 565. The van der Waals surface area contributed by atoms with E-state index in [1.807, 2.05) is 11.7 Å². The number of thiophene rings is 1. The van der Waals surface area contributed by atoms with E-state index in [0.29, 0.717) is 18.2 Å². The molecule has 20 heavy (non-hydrogen) atoms. The zero-order valence-corrected chi connectivity index (χ0v) is 14.8. The highest BCUT2D eigenvalue weighted by Gasteiger charge is 2.23. The molecule has 110 valence electrons. The van der Waals surface area contributed by atoms with Crippen molar-refractivity contribution in [3.63, 3.8) is 0 Å². The lowest BCUT2D eigenvalue weighted by molar-refractivity contribution is 0.182. The number of nitrogens with one attached hydrogen (secondary N) is 1. The summed E-state index contributed by atoms with van der Waals surface area (Å²) in [5, 5.41) is 8.33. The van der Waals surface area contributed by atoms with E-state index in [0.717, 1.165) is 9.48 Å². The van der Waals surface area contributed by atoms with Crippen LogP contribution in [0.25, 0.3) is 0 Å². The molecule has 0 aliphatic heterocycles. The topological polar surface area (TPSA) is 39.1 Å². The van der Waals surface area contributed by atoms with Crippen molar-refractivity contribution in [3.05, 3.63) is 37.2 Å². The van der Waals surface area contributed by atoms with E-state index in [1.54, 1.807) is 24.6 Å². The number of ether oxygens (including phenoxy) is 1. The van der Waals surface area contributed by atoms with Gasteiger partial charge in [-0.15, -0.1) is 11.3 Å². The van der Waals surface area contributed by atoms with Crippen molar-refractivity contribution in [2.45, 2.75) is 19.5 Å². The third-order valence-corrected chi connectivity index (χ3v) is 5.56. The Morgan fingerprint density at radius 1 is 1.60 bits per heavy atom. The fourth-order valence-corrected chi connectivity index (χ4v) is 3.99. The molecule has 0 aromatic carbocycles. The summed E-state index contributed by atoms with van der Waals surface area (Å²) in [6.07, 6.45) is 1.69. The molecule has 0 aliphatic carbocycles. The van der Waals surface area contributed by atoms with Crippen LogP contribution in [0.2, 0.25) is 5.02 Å². The maximum absolute atomic E-state index is 6.32. The number of rotatable bonds is 6. The Balaban J connectivity index is 2.38. The van der Waals surface area contributed by atoms with E-state index >= 15 is 0 Å². The molecule has 0 saturated heterocycles. The van der Waals surface area contributed by atoms with Gasteiger partial charge < -0.3 is 10.1 Å². The SMILES string of the molecule is CNC(c1cc(C)c(Br)s1)c1c(Cl)cnn1CCOC. The monoisotopic (exact) mass is 377 g/mol. The first-order chi connectivity index (χ1) is 9.58. The average Bonchev–Trinajstić information content (AvgIpc) is 2.94. The summed E-state index contributed by atoms with van der Waals surface area (Å²) in [5.41, 5.74) is 2.20. The lowest BCUT2D eigenvalue weighted by Crippen LogP contribution is -2.22. The van der Waals surface area contributed by atoms with Crippen LogP contribution in [0.3, 0.4) is 0 Å². The van der Waals surface area contributed by atoms with Crippen molar-refractivity contribution in [2.75, 3.05) is 20.8 Å². The lowest BCUT2D eigenvalue weighted by atomic mass is 10.1. The average molecular weight is 379 g/mol. The van der Waals surface area contributed by atoms with Crippen LogP contribution in [0.4, 0.5) is 0 Å². The van der Waals surface area contributed by atoms with Gasteiger partial charge in [0.1, 0.15) is 0 Å². The fourth-order valence-electron chi connectivity index (χ4n) is 2.05. The van der Waals surface area contributed by atoms with Gasteiger partial charge in [0.2, 0.25) is 0 Å². The zero-order valence-electron chi connectivity index (χ0n) is 11.6. The van der Waals surface area contributed by atoms with Crippen LogP contribution < -0.4 is 5.32 Å². The summed E-state index contributed by atoms with van der Waals surface area (Å²) in [4.78, 5) is 1.21. The van der Waals surface area contributed by atoms with E-state index in [2.05, 4.69) is 39.3 Å². The number of methoxy groups -OCH3 is 1. The predicted molar refractivity (Wildman–Crippen MR) is 86.8 cm³/mol. The molecule has 2 aromatic heterocycles. The van der Waals surface area contributed by atoms with Gasteiger partial charge in [-0.05, 0) is 41.5 Å². The summed E-state index contributed by atoms with van der Waals surface area (Å²) >= 11 is 11.6. The molecule has 1 N–H and O–H groups in total. The van der Waals surface area contributed by atoms with E-state index in [1.165, 1.54) is 10.4 Å². The lowest BCUT2D eigenvalue weighted by Gasteiger charge is -2.17. The normalized spacial score (nSPS) is 12.8. The van der Waals surface area contributed by atoms with Crippen molar-refractivity contribution in [2.24, 2.45) is 0 Å². The number of halogens is 2. The molecule has 4 nitrogen and oxygen atoms in total. The Labute approximate surface area is 136 Å². The van der Waals surface area contributed by atoms with E-state index in [4.69, 9.17) is 16.3 Å². The molecule has 2 aromatic rings. The Morgan fingerprint density at radius 2 is 2.35 bits per heavy atom. The van der Waals surface area contributed by atoms with Gasteiger partial charge in [-0.1, -0.05) is 11.6 Å². The van der Waals surface area contributed by atoms with Crippen LogP contribution in [0.1, 0.15) is 22.2 Å². The summed E-state index contributed by atoms with van der Waals surface area (Å²) in [6.45, 7) is 3.37. The van der Waals surface area contributed by atoms with Crippen molar-refractivity contribution in [1.29, 1.82) is 0 Å². The molecule has 0 amide bonds. The second-order valence-corrected chi connectivity index (χ2v) is 7.23. The molecule has 0 aliphatic rings. The van der Waals surface area contributed by atoms with Gasteiger partial charge in [-0.3, -0.25) is 4.68 Å². The number of aryl methyl sites for hydroxylation is 1. The summed E-state index contributed by atoms with van der Waals surface area (Å²) < 4.78 is 8.17. The summed E-state index contributed by atoms with van der Waals surface area (Å²) in [7, 11) is 3.61. The Morgan fingerprint density at radius 3 is 2.90 bits per heavy atom. The molecular weight excluding hydrogens is 362 g/mol. The number of nitrogens with zero attached hydrogens (tertiary/aromatic N) is 2. The highest BCUT2D eigenvalue weighted by molar-refractivity contribution is 9.11. The van der Waals surface area contributed by atoms with Gasteiger partial charge in [-0.25, -0.2) is 0 Å². The quantitative estimate of drug-likeness (QED) is 0.834. The number of hydrogen-bond acceptors (Lipinski definition) is 4. The van der Waals surface area contributed by atoms with Crippen molar-refractivity contribution in [3.8, 4) is 0 Å². The predicted octanol–water partition coefficient (Wildman–Crippen LogP) is 3.62. The smallest absolute Gasteiger partial charge is 0.0855 e. The summed E-state index contributed by atoms with van der Waals surface area (Å²) in [5.74, 6) is 0. The third-order valence-electron chi connectivity index (χ3n) is 3.06. The van der Waals surface area contributed by atoms with Gasteiger partial charge in [-0.2, -0.15) is 5.10 Å². The van der Waals surface area contributed by atoms with Gasteiger partial charge in [0.05, 0.1) is 39.9 Å². The largest absolute Gasteiger partial charge is 0.383 e. The van der Waals surface area contributed by atoms with Crippen molar-refractivity contribution in [1.82, 2.24) is 15.1 Å². The standard InChI is InChI=1S/C13H17BrClN3OS/c1-8-6-10(20-13(8)14)11(16-2)12-9(15)7-17-18(12)4-5-19-3/h6-7,11,16H,4-5H2,1-3H3. The Hall–Kier alpha value is -0.400. The molecular formula is C13H17BrClN3OS. The molecule has 2 heterocycles. The van der Waals surface area contributed by atoms with Crippen LogP contribution in [0, 0.1) is 6.92 Å². The van der Waals surface area contributed by atoms with Crippen LogP contribution in [0.15, 0.2) is 16.0 Å². The molecule has 1 unspecified atom stereocenters. The van der Waals surface area contributed by atoms with Crippen molar-refractivity contribution < 1.29 is 4.74 Å². The van der Waals surface area contributed by atoms with Gasteiger partial charge >= 0.3 is 0 Å². The minimum absolute atomic E-state index is 0.0249. The molecule has 2 rings (SSSR count). The van der Waals surface area contributed by atoms with Crippen LogP contribution >= 0.6 is 38.9 Å². The second-order valence-electron chi connectivity index (χ2n) is 4.42. The molecule has 0 saturated carbocycles. The van der Waals surface area contributed by atoms with Gasteiger partial charge in [0, 0.05) is 12.0 Å². The second kappa shape index (κ2) is 7.04. The molecule has 0 spiro atoms. The molecule has 0 fully saturated rings. The molecule has 7 heteroatoms. The maximum Gasteiger partial charge on any atom is 0.0855 e. The Kier molecular flexibility index (Phi) is 5.63. The minimum atomic E-state index is 0.0249. The fraction of sp³-hybridized carbons (Fsp3) is 0.462. The minimum Gasteiger partial charge on any atom is -0.383 e. The van der Waals surface area contributed by atoms with E-state index < -0.39 is 0 Å². The van der Waals surface area contributed by atoms with Gasteiger partial charge in [0.25, 0.3) is 0 Å². The van der Waals surface area contributed by atoms with Crippen molar-refractivity contribution >= 4 is 38.9 Å². The van der Waals surface area contributed by atoms with Crippen LogP contribution in [-0.4, -0.2) is 30.5 Å². The highest BCUT2D eigenvalue weighted by atomic mass is 79.9. The van der Waals surface area contributed by atoms with Crippen LogP contribution in [0.5, 0.6) is 0 Å². The molecule has 1 atom stereocenters. The maximum atomic E-state index is 6.32. The first-order valence-corrected chi connectivity index (χ1v) is 8.20. The summed E-state index contributed by atoms with van der Waals surface area (Å²) in [6, 6.07) is 2.19. The first-order valence-electron chi connectivity index (χ1n) is 6.21. The van der Waals surface area contributed by atoms with Gasteiger partial charge in [0.15, 0.2) is 0 Å². The zero-order chi connectivity index (χ0) is 14.7. The third kappa shape index (κ3) is 3.26. The molecule has 0 radical (unpaired) electrons. The highest BCUT2D eigenvalue weighted by Crippen LogP contribution is 2.36. The van der Waals surface area contributed by atoms with Crippen LogP contribution in [-0.2, 0) is 11.3 Å².